The second-order valence-electron chi connectivity index (χ2n) is 5.04. The molecule has 0 radical (unpaired) electrons. The summed E-state index contributed by atoms with van der Waals surface area (Å²) >= 11 is 3.50. The highest BCUT2D eigenvalue weighted by atomic mass is 79.9. The van der Waals surface area contributed by atoms with Crippen molar-refractivity contribution in [3.63, 3.8) is 0 Å². The van der Waals surface area contributed by atoms with Gasteiger partial charge in [-0.05, 0) is 24.6 Å². The summed E-state index contributed by atoms with van der Waals surface area (Å²) in [6.07, 6.45) is 2.68. The van der Waals surface area contributed by atoms with Crippen LogP contribution in [0, 0.1) is 0 Å². The van der Waals surface area contributed by atoms with E-state index in [2.05, 4.69) is 27.8 Å². The van der Waals surface area contributed by atoms with Gasteiger partial charge in [-0.1, -0.05) is 47.1 Å². The fourth-order valence-electron chi connectivity index (χ4n) is 2.44. The highest BCUT2D eigenvalue weighted by Gasteiger charge is 2.12. The zero-order valence-electron chi connectivity index (χ0n) is 12.2. The molecule has 0 bridgehead atoms. The summed E-state index contributed by atoms with van der Waals surface area (Å²) in [5.74, 6) is 0.718. The minimum Gasteiger partial charge on any atom is -0.491 e. The van der Waals surface area contributed by atoms with E-state index in [4.69, 9.17) is 4.74 Å². The molecule has 0 saturated carbocycles. The summed E-state index contributed by atoms with van der Waals surface area (Å²) in [5.41, 5.74) is 2.28. The van der Waals surface area contributed by atoms with Crippen molar-refractivity contribution < 1.29 is 4.74 Å². The fourth-order valence-corrected chi connectivity index (χ4v) is 2.93. The van der Waals surface area contributed by atoms with E-state index < -0.39 is 0 Å². The second kappa shape index (κ2) is 6.36. The Morgan fingerprint density at radius 1 is 1.09 bits per heavy atom. The van der Waals surface area contributed by atoms with E-state index in [1.54, 1.807) is 6.20 Å². The third-order valence-electron chi connectivity index (χ3n) is 3.50. The molecule has 1 N–H and O–H groups in total. The minimum atomic E-state index is 0.00241. The summed E-state index contributed by atoms with van der Waals surface area (Å²) in [7, 11) is 0. The maximum Gasteiger partial charge on any atom is 0.197 e. The second-order valence-corrected chi connectivity index (χ2v) is 5.89. The van der Waals surface area contributed by atoms with Gasteiger partial charge in [0.1, 0.15) is 5.75 Å². The molecule has 0 amide bonds. The molecule has 0 atom stereocenters. The maximum absolute atomic E-state index is 12.8. The normalized spacial score (nSPS) is 10.8. The van der Waals surface area contributed by atoms with Crippen LogP contribution in [-0.2, 0) is 0 Å². The molecule has 3 aromatic rings. The molecule has 3 nitrogen and oxygen atoms in total. The number of hydrogen-bond acceptors (Lipinski definition) is 2. The van der Waals surface area contributed by atoms with E-state index in [0.717, 1.165) is 27.7 Å². The standard InChI is InChI=1S/C18H16BrNO2/c1-2-10-22-16-9-5-7-13-17(16)20-11-14(18(13)21)12-6-3-4-8-15(12)19/h3-9,11H,2,10H2,1H3,(H,20,21). The quantitative estimate of drug-likeness (QED) is 0.732. The number of hydrogen-bond donors (Lipinski definition) is 1. The van der Waals surface area contributed by atoms with Crippen molar-refractivity contribution in [3.8, 4) is 16.9 Å². The van der Waals surface area contributed by atoms with E-state index in [1.807, 2.05) is 42.5 Å². The molecule has 112 valence electrons. The van der Waals surface area contributed by atoms with Crippen LogP contribution in [-0.4, -0.2) is 11.6 Å². The molecule has 0 fully saturated rings. The topological polar surface area (TPSA) is 42.1 Å². The number of H-pyrrole nitrogens is 1. The van der Waals surface area contributed by atoms with Gasteiger partial charge in [0.05, 0.1) is 12.1 Å². The lowest BCUT2D eigenvalue weighted by molar-refractivity contribution is 0.320. The number of para-hydroxylation sites is 1. The number of benzene rings is 2. The fraction of sp³-hybridized carbons (Fsp3) is 0.167. The first-order chi connectivity index (χ1) is 10.7. The highest BCUT2D eigenvalue weighted by molar-refractivity contribution is 9.10. The Hall–Kier alpha value is -2.07. The predicted molar refractivity (Wildman–Crippen MR) is 93.5 cm³/mol. The largest absolute Gasteiger partial charge is 0.491 e. The third-order valence-corrected chi connectivity index (χ3v) is 4.19. The van der Waals surface area contributed by atoms with Crippen molar-refractivity contribution in [2.24, 2.45) is 0 Å². The van der Waals surface area contributed by atoms with Crippen LogP contribution in [0.2, 0.25) is 0 Å². The summed E-state index contributed by atoms with van der Waals surface area (Å²) in [6, 6.07) is 13.3. The molecule has 0 aliphatic carbocycles. The predicted octanol–water partition coefficient (Wildman–Crippen LogP) is 4.75. The van der Waals surface area contributed by atoms with Crippen molar-refractivity contribution in [2.75, 3.05) is 6.61 Å². The molecule has 22 heavy (non-hydrogen) atoms. The lowest BCUT2D eigenvalue weighted by Crippen LogP contribution is -2.08. The first-order valence-corrected chi connectivity index (χ1v) is 8.03. The van der Waals surface area contributed by atoms with Gasteiger partial charge < -0.3 is 9.72 Å². The van der Waals surface area contributed by atoms with Crippen LogP contribution < -0.4 is 10.2 Å². The minimum absolute atomic E-state index is 0.00241. The van der Waals surface area contributed by atoms with Crippen molar-refractivity contribution in [3.05, 3.63) is 63.4 Å². The van der Waals surface area contributed by atoms with Gasteiger partial charge >= 0.3 is 0 Å². The van der Waals surface area contributed by atoms with Crippen molar-refractivity contribution in [1.82, 2.24) is 4.98 Å². The summed E-state index contributed by atoms with van der Waals surface area (Å²) in [5, 5.41) is 0.641. The Labute approximate surface area is 137 Å². The molecular formula is C18H16BrNO2. The van der Waals surface area contributed by atoms with E-state index in [-0.39, 0.29) is 5.43 Å². The van der Waals surface area contributed by atoms with Gasteiger partial charge in [-0.15, -0.1) is 0 Å². The van der Waals surface area contributed by atoms with Gasteiger partial charge in [0.2, 0.25) is 0 Å². The van der Waals surface area contributed by atoms with Gasteiger partial charge in [-0.2, -0.15) is 0 Å². The molecule has 4 heteroatoms. The Balaban J connectivity index is 2.19. The lowest BCUT2D eigenvalue weighted by Gasteiger charge is -2.10. The number of fused-ring (bicyclic) bond motifs is 1. The SMILES string of the molecule is CCCOc1cccc2c(=O)c(-c3ccccc3Br)c[nH]c12. The van der Waals surface area contributed by atoms with Crippen LogP contribution in [0.15, 0.2) is 57.9 Å². The Morgan fingerprint density at radius 3 is 2.68 bits per heavy atom. The zero-order chi connectivity index (χ0) is 15.5. The average molecular weight is 358 g/mol. The van der Waals surface area contributed by atoms with Crippen LogP contribution >= 0.6 is 15.9 Å². The van der Waals surface area contributed by atoms with Crippen LogP contribution in [0.25, 0.3) is 22.0 Å². The maximum atomic E-state index is 12.8. The number of nitrogens with one attached hydrogen (secondary N) is 1. The summed E-state index contributed by atoms with van der Waals surface area (Å²) in [4.78, 5) is 16.0. The van der Waals surface area contributed by atoms with Crippen molar-refractivity contribution >= 4 is 26.8 Å². The number of pyridine rings is 1. The van der Waals surface area contributed by atoms with Gasteiger partial charge in [-0.25, -0.2) is 0 Å². The lowest BCUT2D eigenvalue weighted by atomic mass is 10.0. The Bertz CT molecular complexity index is 870. The molecule has 0 saturated heterocycles. The van der Waals surface area contributed by atoms with Crippen molar-refractivity contribution in [1.29, 1.82) is 0 Å². The number of aromatic nitrogens is 1. The Morgan fingerprint density at radius 2 is 1.91 bits per heavy atom. The molecule has 3 rings (SSSR count). The molecule has 1 aromatic heterocycles. The van der Waals surface area contributed by atoms with Gasteiger partial charge in [0.15, 0.2) is 5.43 Å². The number of halogens is 1. The zero-order valence-corrected chi connectivity index (χ0v) is 13.8. The molecule has 0 spiro atoms. The van der Waals surface area contributed by atoms with Crippen LogP contribution in [0.1, 0.15) is 13.3 Å². The van der Waals surface area contributed by atoms with E-state index in [0.29, 0.717) is 17.6 Å². The summed E-state index contributed by atoms with van der Waals surface area (Å²) < 4.78 is 6.61. The molecule has 0 aliphatic heterocycles. The third kappa shape index (κ3) is 2.66. The van der Waals surface area contributed by atoms with E-state index in [9.17, 15) is 4.79 Å². The van der Waals surface area contributed by atoms with Gasteiger partial charge in [0, 0.05) is 27.2 Å². The molecule has 0 aliphatic rings. The van der Waals surface area contributed by atoms with Crippen LogP contribution in [0.5, 0.6) is 5.75 Å². The van der Waals surface area contributed by atoms with Crippen LogP contribution in [0.4, 0.5) is 0 Å². The number of ether oxygens (including phenoxy) is 1. The van der Waals surface area contributed by atoms with E-state index >= 15 is 0 Å². The monoisotopic (exact) mass is 357 g/mol. The number of aromatic amines is 1. The highest BCUT2D eigenvalue weighted by Crippen LogP contribution is 2.28. The first-order valence-electron chi connectivity index (χ1n) is 7.24. The van der Waals surface area contributed by atoms with Gasteiger partial charge in [-0.3, -0.25) is 4.79 Å². The molecule has 0 unspecified atom stereocenters. The smallest absolute Gasteiger partial charge is 0.197 e. The van der Waals surface area contributed by atoms with Crippen LogP contribution in [0.3, 0.4) is 0 Å². The number of rotatable bonds is 4. The average Bonchev–Trinajstić information content (AvgIpc) is 2.54. The Kier molecular flexibility index (Phi) is 4.29. The molecule has 1 heterocycles. The summed E-state index contributed by atoms with van der Waals surface area (Å²) in [6.45, 7) is 2.69. The molecular weight excluding hydrogens is 342 g/mol. The van der Waals surface area contributed by atoms with Gasteiger partial charge in [0.25, 0.3) is 0 Å². The molecule has 2 aromatic carbocycles. The van der Waals surface area contributed by atoms with E-state index in [1.165, 1.54) is 0 Å². The van der Waals surface area contributed by atoms with Crippen molar-refractivity contribution in [2.45, 2.75) is 13.3 Å². The first kappa shape index (κ1) is 14.9.